The third-order valence-electron chi connectivity index (χ3n) is 7.72. The lowest BCUT2D eigenvalue weighted by molar-refractivity contribution is -0.143. The molecule has 2 heterocycles. The van der Waals surface area contributed by atoms with Gasteiger partial charge in [0.15, 0.2) is 0 Å². The number of aromatic hydroxyl groups is 2. The van der Waals surface area contributed by atoms with Crippen LogP contribution in [0.25, 0.3) is 22.2 Å². The maximum absolute atomic E-state index is 10.5. The lowest BCUT2D eigenvalue weighted by atomic mass is 10.1. The SMILES string of the molecule is Cc1c(-c2ccc(O)cc2)n(Cc2ccc(OCCN3CCC(OCCOCC(=O)O)CC3)cc2)c2ccc(O)cc12. The van der Waals surface area contributed by atoms with Gasteiger partial charge in [0.05, 0.1) is 25.0 Å². The average molecular weight is 575 g/mol. The quantitative estimate of drug-likeness (QED) is 0.191. The van der Waals surface area contributed by atoms with E-state index in [-0.39, 0.29) is 24.2 Å². The van der Waals surface area contributed by atoms with Crippen molar-refractivity contribution >= 4 is 16.9 Å². The van der Waals surface area contributed by atoms with E-state index in [1.54, 1.807) is 24.3 Å². The molecule has 1 aliphatic heterocycles. The number of carboxylic acids is 1. The van der Waals surface area contributed by atoms with Gasteiger partial charge in [-0.05, 0) is 91.1 Å². The third kappa shape index (κ3) is 7.42. The Bertz CT molecular complexity index is 1470. The normalized spacial score (nSPS) is 14.4. The van der Waals surface area contributed by atoms with Gasteiger partial charge in [-0.2, -0.15) is 0 Å². The molecule has 4 aromatic rings. The summed E-state index contributed by atoms with van der Waals surface area (Å²) in [4.78, 5) is 12.8. The minimum absolute atomic E-state index is 0.185. The standard InChI is InChI=1S/C33H38N2O7/c1-23-30-20-27(37)8-11-31(30)35(33(23)25-4-6-26(36)7-5-25)21-24-2-9-28(10-3-24)41-17-16-34-14-12-29(13-15-34)42-19-18-40-22-32(38)39/h2-11,20,29,36-37H,12-19,21-22H2,1H3,(H,38,39). The summed E-state index contributed by atoms with van der Waals surface area (Å²) in [6.07, 6.45) is 2.06. The number of fused-ring (bicyclic) bond motifs is 1. The summed E-state index contributed by atoms with van der Waals surface area (Å²) in [5, 5.41) is 29.5. The van der Waals surface area contributed by atoms with Crippen LogP contribution in [-0.4, -0.2) is 82.9 Å². The Balaban J connectivity index is 1.14. The van der Waals surface area contributed by atoms with Crippen molar-refractivity contribution < 1.29 is 34.3 Å². The molecular formula is C33H38N2O7. The molecule has 0 atom stereocenters. The predicted octanol–water partition coefficient (Wildman–Crippen LogP) is 5.04. The first-order valence-electron chi connectivity index (χ1n) is 14.3. The van der Waals surface area contributed by atoms with Crippen LogP contribution in [0, 0.1) is 6.92 Å². The summed E-state index contributed by atoms with van der Waals surface area (Å²) in [7, 11) is 0. The van der Waals surface area contributed by atoms with Crippen molar-refractivity contribution in [3.8, 4) is 28.5 Å². The van der Waals surface area contributed by atoms with Crippen molar-refractivity contribution in [3.05, 3.63) is 77.9 Å². The second-order valence-electron chi connectivity index (χ2n) is 10.7. The summed E-state index contributed by atoms with van der Waals surface area (Å²) in [5.41, 5.74) is 5.29. The van der Waals surface area contributed by atoms with Crippen molar-refractivity contribution in [1.29, 1.82) is 0 Å². The number of aliphatic carboxylic acids is 1. The summed E-state index contributed by atoms with van der Waals surface area (Å²) in [5.74, 6) is 0.322. The molecule has 0 aliphatic carbocycles. The first-order valence-corrected chi connectivity index (χ1v) is 14.3. The van der Waals surface area contributed by atoms with Gasteiger partial charge < -0.3 is 34.1 Å². The van der Waals surface area contributed by atoms with Crippen LogP contribution in [0.15, 0.2) is 66.7 Å². The number of carboxylic acid groups (broad SMARTS) is 1. The molecule has 3 aromatic carbocycles. The minimum Gasteiger partial charge on any atom is -0.508 e. The fourth-order valence-corrected chi connectivity index (χ4v) is 5.57. The highest BCUT2D eigenvalue weighted by Crippen LogP contribution is 2.36. The number of carbonyl (C=O) groups is 1. The summed E-state index contributed by atoms with van der Waals surface area (Å²) < 4.78 is 19.1. The van der Waals surface area contributed by atoms with E-state index in [0.717, 1.165) is 71.5 Å². The number of hydrogen-bond acceptors (Lipinski definition) is 7. The van der Waals surface area contributed by atoms with Gasteiger partial charge in [-0.25, -0.2) is 4.79 Å². The van der Waals surface area contributed by atoms with E-state index in [1.165, 1.54) is 0 Å². The molecule has 0 amide bonds. The first kappa shape index (κ1) is 29.4. The molecule has 5 rings (SSSR count). The van der Waals surface area contributed by atoms with Gasteiger partial charge in [0, 0.05) is 37.1 Å². The molecule has 1 fully saturated rings. The number of piperidine rings is 1. The Morgan fingerprint density at radius 1 is 0.905 bits per heavy atom. The predicted molar refractivity (Wildman–Crippen MR) is 160 cm³/mol. The number of nitrogens with zero attached hydrogens (tertiary/aromatic N) is 2. The van der Waals surface area contributed by atoms with Crippen LogP contribution in [0.1, 0.15) is 24.0 Å². The van der Waals surface area contributed by atoms with Crippen molar-refractivity contribution in [3.63, 3.8) is 0 Å². The second kappa shape index (κ2) is 13.7. The summed E-state index contributed by atoms with van der Waals surface area (Å²) >= 11 is 0. The number of likely N-dealkylation sites (tertiary alicyclic amines) is 1. The van der Waals surface area contributed by atoms with Crippen LogP contribution in [0.4, 0.5) is 0 Å². The Kier molecular flexibility index (Phi) is 9.63. The monoisotopic (exact) mass is 574 g/mol. The smallest absolute Gasteiger partial charge is 0.329 e. The molecule has 42 heavy (non-hydrogen) atoms. The van der Waals surface area contributed by atoms with Crippen molar-refractivity contribution in [2.45, 2.75) is 32.4 Å². The van der Waals surface area contributed by atoms with E-state index in [0.29, 0.717) is 26.4 Å². The minimum atomic E-state index is -0.967. The third-order valence-corrected chi connectivity index (χ3v) is 7.72. The van der Waals surface area contributed by atoms with Gasteiger partial charge >= 0.3 is 5.97 Å². The second-order valence-corrected chi connectivity index (χ2v) is 10.7. The maximum Gasteiger partial charge on any atom is 0.329 e. The molecule has 222 valence electrons. The van der Waals surface area contributed by atoms with Crippen LogP contribution in [0.2, 0.25) is 0 Å². The number of hydrogen-bond donors (Lipinski definition) is 3. The van der Waals surface area contributed by atoms with Crippen LogP contribution in [0.3, 0.4) is 0 Å². The molecule has 0 saturated carbocycles. The summed E-state index contributed by atoms with van der Waals surface area (Å²) in [6, 6.07) is 20.9. The lowest BCUT2D eigenvalue weighted by Crippen LogP contribution is -2.39. The largest absolute Gasteiger partial charge is 0.508 e. The molecule has 3 N–H and O–H groups in total. The number of phenolic OH excluding ortho intramolecular Hbond substituents is 2. The van der Waals surface area contributed by atoms with Crippen molar-refractivity contribution in [1.82, 2.24) is 9.47 Å². The van der Waals surface area contributed by atoms with E-state index in [1.807, 2.05) is 30.3 Å². The molecule has 1 aromatic heterocycles. The van der Waals surface area contributed by atoms with E-state index >= 15 is 0 Å². The number of aryl methyl sites for hydroxylation is 1. The molecule has 1 saturated heterocycles. The fraction of sp³-hybridized carbons (Fsp3) is 0.364. The number of benzene rings is 3. The van der Waals surface area contributed by atoms with Gasteiger partial charge in [-0.15, -0.1) is 0 Å². The lowest BCUT2D eigenvalue weighted by Gasteiger charge is -2.31. The van der Waals surface area contributed by atoms with Crippen LogP contribution >= 0.6 is 0 Å². The van der Waals surface area contributed by atoms with Gasteiger partial charge in [0.25, 0.3) is 0 Å². The van der Waals surface area contributed by atoms with Crippen LogP contribution in [-0.2, 0) is 20.8 Å². The van der Waals surface area contributed by atoms with E-state index in [4.69, 9.17) is 19.3 Å². The zero-order valence-electron chi connectivity index (χ0n) is 23.9. The zero-order chi connectivity index (χ0) is 29.5. The number of ether oxygens (including phenoxy) is 3. The molecule has 1 aliphatic rings. The van der Waals surface area contributed by atoms with Crippen LogP contribution < -0.4 is 4.74 Å². The van der Waals surface area contributed by atoms with E-state index in [9.17, 15) is 15.0 Å². The molecule has 0 radical (unpaired) electrons. The summed E-state index contributed by atoms with van der Waals surface area (Å²) in [6.45, 7) is 6.45. The highest BCUT2D eigenvalue weighted by molar-refractivity contribution is 5.92. The Morgan fingerprint density at radius 2 is 1.62 bits per heavy atom. The Hall–Kier alpha value is -4.05. The highest BCUT2D eigenvalue weighted by Gasteiger charge is 2.20. The van der Waals surface area contributed by atoms with Gasteiger partial charge in [0.2, 0.25) is 0 Å². The number of rotatable bonds is 13. The highest BCUT2D eigenvalue weighted by atomic mass is 16.5. The maximum atomic E-state index is 10.5. The zero-order valence-corrected chi connectivity index (χ0v) is 23.9. The van der Waals surface area contributed by atoms with Crippen molar-refractivity contribution in [2.24, 2.45) is 0 Å². The molecule has 0 unspecified atom stereocenters. The average Bonchev–Trinajstić information content (AvgIpc) is 3.25. The van der Waals surface area contributed by atoms with Gasteiger partial charge in [-0.1, -0.05) is 12.1 Å². The number of phenols is 2. The Morgan fingerprint density at radius 3 is 2.33 bits per heavy atom. The molecule has 9 heteroatoms. The van der Waals surface area contributed by atoms with Crippen LogP contribution in [0.5, 0.6) is 17.2 Å². The fourth-order valence-electron chi connectivity index (χ4n) is 5.57. The molecular weight excluding hydrogens is 536 g/mol. The Labute approximate surface area is 245 Å². The first-order chi connectivity index (χ1) is 20.4. The van der Waals surface area contributed by atoms with Gasteiger partial charge in [-0.3, -0.25) is 4.90 Å². The number of aromatic nitrogens is 1. The van der Waals surface area contributed by atoms with E-state index in [2.05, 4.69) is 28.5 Å². The molecule has 0 spiro atoms. The molecule has 9 nitrogen and oxygen atoms in total. The van der Waals surface area contributed by atoms with Gasteiger partial charge in [0.1, 0.15) is 30.5 Å². The van der Waals surface area contributed by atoms with Crippen molar-refractivity contribution in [2.75, 3.05) is 46.1 Å². The topological polar surface area (TPSA) is 114 Å². The molecule has 0 bridgehead atoms. The van der Waals surface area contributed by atoms with E-state index < -0.39 is 5.97 Å².